The molecule has 0 aliphatic carbocycles. The van der Waals surface area contributed by atoms with Crippen LogP contribution in [0.15, 0.2) is 36.5 Å². The Kier molecular flexibility index (Phi) is 45.4. The summed E-state index contributed by atoms with van der Waals surface area (Å²) in [6.07, 6.45) is 54.0. The van der Waals surface area contributed by atoms with Gasteiger partial charge in [-0.3, -0.25) is 14.4 Å². The lowest BCUT2D eigenvalue weighted by Crippen LogP contribution is -2.30. The van der Waals surface area contributed by atoms with Crippen LogP contribution in [0, 0.1) is 0 Å². The van der Waals surface area contributed by atoms with Crippen LogP contribution in [0.3, 0.4) is 0 Å². The van der Waals surface area contributed by atoms with Crippen molar-refractivity contribution in [2.24, 2.45) is 0 Å². The Balaban J connectivity index is 4.37. The molecule has 0 saturated carbocycles. The predicted molar refractivity (Wildman–Crippen MR) is 247 cm³/mol. The zero-order chi connectivity index (χ0) is 42.3. The Labute approximate surface area is 359 Å². The molecular formula is C52H94O6. The van der Waals surface area contributed by atoms with Crippen molar-refractivity contribution in [3.8, 4) is 0 Å². The van der Waals surface area contributed by atoms with Gasteiger partial charge in [-0.15, -0.1) is 0 Å². The molecule has 0 fully saturated rings. The van der Waals surface area contributed by atoms with E-state index < -0.39 is 6.10 Å². The number of hydrogen-bond acceptors (Lipinski definition) is 6. The van der Waals surface area contributed by atoms with E-state index in [0.29, 0.717) is 19.3 Å². The van der Waals surface area contributed by atoms with Crippen LogP contribution < -0.4 is 0 Å². The maximum absolute atomic E-state index is 12.8. The molecule has 0 aliphatic rings. The molecule has 6 nitrogen and oxygen atoms in total. The standard InChI is InChI=1S/C52H94O6/c1-4-7-10-13-16-19-22-24-26-28-30-33-36-39-42-45-51(54)57-48-49(47-56-50(53)44-41-38-35-32-29-21-18-15-12-9-6-3)58-52(55)46-43-40-37-34-31-27-25-23-20-17-14-11-8-5-2/h15-16,18-19,22,24,49H,4-14,17,20-21,23,25-48H2,1-3H3/b18-15-,19-16-,24-22-. The lowest BCUT2D eigenvalue weighted by atomic mass is 10.0. The molecule has 1 unspecified atom stereocenters. The largest absolute Gasteiger partial charge is 0.462 e. The number of esters is 3. The third-order valence-electron chi connectivity index (χ3n) is 10.9. The highest BCUT2D eigenvalue weighted by molar-refractivity contribution is 5.71. The minimum Gasteiger partial charge on any atom is -0.462 e. The van der Waals surface area contributed by atoms with Crippen molar-refractivity contribution in [2.45, 2.75) is 264 Å². The summed E-state index contributed by atoms with van der Waals surface area (Å²) < 4.78 is 16.8. The highest BCUT2D eigenvalue weighted by Crippen LogP contribution is 2.15. The number of hydrogen-bond donors (Lipinski definition) is 0. The highest BCUT2D eigenvalue weighted by atomic mass is 16.6. The van der Waals surface area contributed by atoms with Crippen LogP contribution in [-0.2, 0) is 28.6 Å². The van der Waals surface area contributed by atoms with Gasteiger partial charge in [-0.25, -0.2) is 0 Å². The maximum atomic E-state index is 12.8. The Morgan fingerprint density at radius 3 is 1.05 bits per heavy atom. The maximum Gasteiger partial charge on any atom is 0.306 e. The molecule has 0 spiro atoms. The van der Waals surface area contributed by atoms with Crippen molar-refractivity contribution in [3.05, 3.63) is 36.5 Å². The smallest absolute Gasteiger partial charge is 0.306 e. The number of carbonyl (C=O) groups is 3. The molecule has 6 heteroatoms. The molecule has 0 aromatic heterocycles. The van der Waals surface area contributed by atoms with Crippen LogP contribution in [-0.4, -0.2) is 37.2 Å². The Hall–Kier alpha value is -2.37. The normalized spacial score (nSPS) is 12.3. The second-order valence-corrected chi connectivity index (χ2v) is 16.8. The first-order valence-corrected chi connectivity index (χ1v) is 25.0. The van der Waals surface area contributed by atoms with E-state index in [2.05, 4.69) is 57.2 Å². The number of rotatable bonds is 45. The van der Waals surface area contributed by atoms with Gasteiger partial charge in [-0.2, -0.15) is 0 Å². The van der Waals surface area contributed by atoms with Crippen LogP contribution in [0.4, 0.5) is 0 Å². The van der Waals surface area contributed by atoms with Gasteiger partial charge < -0.3 is 14.2 Å². The zero-order valence-corrected chi connectivity index (χ0v) is 38.6. The van der Waals surface area contributed by atoms with Crippen LogP contribution in [0.5, 0.6) is 0 Å². The molecule has 58 heavy (non-hydrogen) atoms. The molecule has 0 N–H and O–H groups in total. The lowest BCUT2D eigenvalue weighted by molar-refractivity contribution is -0.167. The van der Waals surface area contributed by atoms with Crippen molar-refractivity contribution < 1.29 is 28.6 Å². The van der Waals surface area contributed by atoms with Crippen LogP contribution in [0.25, 0.3) is 0 Å². The van der Waals surface area contributed by atoms with E-state index in [1.54, 1.807) is 0 Å². The van der Waals surface area contributed by atoms with Gasteiger partial charge in [0.25, 0.3) is 0 Å². The summed E-state index contributed by atoms with van der Waals surface area (Å²) in [4.78, 5) is 37.9. The second-order valence-electron chi connectivity index (χ2n) is 16.8. The minimum absolute atomic E-state index is 0.0780. The Bertz CT molecular complexity index is 984. The molecule has 0 aliphatic heterocycles. The Morgan fingerprint density at radius 1 is 0.345 bits per heavy atom. The van der Waals surface area contributed by atoms with Gasteiger partial charge in [0.15, 0.2) is 6.10 Å². The summed E-state index contributed by atoms with van der Waals surface area (Å²) in [5.41, 5.74) is 0. The first-order valence-electron chi connectivity index (χ1n) is 25.0. The van der Waals surface area contributed by atoms with Crippen LogP contribution in [0.1, 0.15) is 258 Å². The average molecular weight is 815 g/mol. The molecule has 0 bridgehead atoms. The molecule has 0 heterocycles. The topological polar surface area (TPSA) is 78.9 Å². The van der Waals surface area contributed by atoms with E-state index in [1.807, 2.05) is 0 Å². The fourth-order valence-corrected chi connectivity index (χ4v) is 7.06. The van der Waals surface area contributed by atoms with Crippen molar-refractivity contribution in [2.75, 3.05) is 13.2 Å². The van der Waals surface area contributed by atoms with Gasteiger partial charge in [-0.05, 0) is 64.2 Å². The summed E-state index contributed by atoms with van der Waals surface area (Å²) >= 11 is 0. The Morgan fingerprint density at radius 2 is 0.638 bits per heavy atom. The zero-order valence-electron chi connectivity index (χ0n) is 38.6. The van der Waals surface area contributed by atoms with Crippen molar-refractivity contribution in [1.29, 1.82) is 0 Å². The summed E-state index contributed by atoms with van der Waals surface area (Å²) in [5.74, 6) is -0.891. The highest BCUT2D eigenvalue weighted by Gasteiger charge is 2.19. The van der Waals surface area contributed by atoms with Crippen LogP contribution in [0.2, 0.25) is 0 Å². The number of carbonyl (C=O) groups excluding carboxylic acids is 3. The van der Waals surface area contributed by atoms with E-state index >= 15 is 0 Å². The van der Waals surface area contributed by atoms with Gasteiger partial charge in [0.05, 0.1) is 0 Å². The quantitative estimate of drug-likeness (QED) is 0.0200. The van der Waals surface area contributed by atoms with Gasteiger partial charge in [0.1, 0.15) is 13.2 Å². The molecular weight excluding hydrogens is 721 g/mol. The van der Waals surface area contributed by atoms with Gasteiger partial charge in [0, 0.05) is 19.3 Å². The second kappa shape index (κ2) is 47.3. The van der Waals surface area contributed by atoms with E-state index in [1.165, 1.54) is 148 Å². The van der Waals surface area contributed by atoms with E-state index in [-0.39, 0.29) is 31.1 Å². The van der Waals surface area contributed by atoms with Gasteiger partial charge in [0.2, 0.25) is 0 Å². The van der Waals surface area contributed by atoms with E-state index in [9.17, 15) is 14.4 Å². The third kappa shape index (κ3) is 44.7. The fourth-order valence-electron chi connectivity index (χ4n) is 7.06. The molecule has 0 aromatic rings. The number of allylic oxidation sites excluding steroid dienone is 6. The first-order chi connectivity index (χ1) is 28.5. The monoisotopic (exact) mass is 815 g/mol. The van der Waals surface area contributed by atoms with Crippen molar-refractivity contribution >= 4 is 17.9 Å². The molecule has 1 atom stereocenters. The van der Waals surface area contributed by atoms with E-state index in [0.717, 1.165) is 70.6 Å². The molecule has 0 radical (unpaired) electrons. The average Bonchev–Trinajstić information content (AvgIpc) is 3.22. The summed E-state index contributed by atoms with van der Waals surface area (Å²) in [5, 5.41) is 0. The molecule has 0 rings (SSSR count). The number of ether oxygens (including phenoxy) is 3. The van der Waals surface area contributed by atoms with E-state index in [4.69, 9.17) is 14.2 Å². The summed E-state index contributed by atoms with van der Waals surface area (Å²) in [7, 11) is 0. The van der Waals surface area contributed by atoms with Crippen molar-refractivity contribution in [3.63, 3.8) is 0 Å². The first kappa shape index (κ1) is 55.6. The molecule has 0 amide bonds. The molecule has 0 aromatic carbocycles. The number of unbranched alkanes of at least 4 members (excludes halogenated alkanes) is 29. The molecule has 338 valence electrons. The minimum atomic E-state index is -0.775. The molecule has 0 saturated heterocycles. The van der Waals surface area contributed by atoms with Crippen LogP contribution >= 0.6 is 0 Å². The lowest BCUT2D eigenvalue weighted by Gasteiger charge is -2.18. The SMILES string of the molecule is CCCC/C=C\CCCCCCCC(=O)OCC(COC(=O)CCCCCCCC/C=C\C=C/CCCCC)OC(=O)CCCCCCCCCCCCCCCC. The summed E-state index contributed by atoms with van der Waals surface area (Å²) in [6, 6.07) is 0. The third-order valence-corrected chi connectivity index (χ3v) is 10.9. The van der Waals surface area contributed by atoms with Crippen molar-refractivity contribution in [1.82, 2.24) is 0 Å². The fraction of sp³-hybridized carbons (Fsp3) is 0.827. The van der Waals surface area contributed by atoms with Gasteiger partial charge in [-0.1, -0.05) is 211 Å². The summed E-state index contributed by atoms with van der Waals surface area (Å²) in [6.45, 7) is 6.57. The van der Waals surface area contributed by atoms with Gasteiger partial charge >= 0.3 is 17.9 Å². The predicted octanol–water partition coefficient (Wildman–Crippen LogP) is 16.1.